The number of likely N-dealkylation sites (tertiary alicyclic amines) is 1. The number of carbonyl (C=O) groups is 3. The molecule has 1 spiro atoms. The van der Waals surface area contributed by atoms with Crippen LogP contribution in [-0.2, 0) is 35.6 Å². The summed E-state index contributed by atoms with van der Waals surface area (Å²) in [5.41, 5.74) is -0.680. The average molecular weight is 559 g/mol. The Hall–Kier alpha value is -3.31. The lowest BCUT2D eigenvalue weighted by molar-refractivity contribution is -0.175. The van der Waals surface area contributed by atoms with E-state index in [4.69, 9.17) is 23.7 Å². The zero-order chi connectivity index (χ0) is 29.2. The Balaban J connectivity index is 1.35. The molecule has 11 heteroatoms. The maximum Gasteiger partial charge on any atom is 0.408 e. The Morgan fingerprint density at radius 2 is 1.93 bits per heavy atom. The molecule has 2 heterocycles. The Morgan fingerprint density at radius 3 is 2.60 bits per heavy atom. The Morgan fingerprint density at radius 1 is 1.20 bits per heavy atom. The number of alkyl carbamates (subject to hydrolysis) is 1. The summed E-state index contributed by atoms with van der Waals surface area (Å²) in [4.78, 5) is 39.9. The van der Waals surface area contributed by atoms with E-state index < -0.39 is 52.9 Å². The molecule has 2 aliphatic heterocycles. The molecule has 11 nitrogen and oxygen atoms in total. The van der Waals surface area contributed by atoms with Crippen molar-refractivity contribution >= 4 is 18.0 Å². The van der Waals surface area contributed by atoms with E-state index in [2.05, 4.69) is 10.2 Å². The summed E-state index contributed by atoms with van der Waals surface area (Å²) >= 11 is 0. The van der Waals surface area contributed by atoms with E-state index >= 15 is 0 Å². The van der Waals surface area contributed by atoms with Gasteiger partial charge in [0, 0.05) is 18.0 Å². The number of benzene rings is 1. The van der Waals surface area contributed by atoms with Crippen LogP contribution in [0.15, 0.2) is 24.0 Å². The topological polar surface area (TPSA) is 133 Å². The zero-order valence-electron chi connectivity index (χ0n) is 24.0. The monoisotopic (exact) mass is 558 g/mol. The van der Waals surface area contributed by atoms with Crippen molar-refractivity contribution in [3.8, 4) is 11.5 Å². The van der Waals surface area contributed by atoms with E-state index in [1.807, 2.05) is 19.2 Å². The molecule has 1 saturated heterocycles. The van der Waals surface area contributed by atoms with Crippen LogP contribution in [-0.4, -0.2) is 84.2 Å². The van der Waals surface area contributed by atoms with Crippen LogP contribution in [0.1, 0.15) is 58.6 Å². The van der Waals surface area contributed by atoms with Crippen molar-refractivity contribution < 1.29 is 43.2 Å². The Labute approximate surface area is 233 Å². The molecule has 1 aromatic carbocycles. The smallest absolute Gasteiger partial charge is 0.408 e. The molecule has 2 bridgehead atoms. The summed E-state index contributed by atoms with van der Waals surface area (Å²) in [7, 11) is 3.59. The number of carbonyl (C=O) groups excluding carboxylic acids is 3. The van der Waals surface area contributed by atoms with Crippen LogP contribution in [0.3, 0.4) is 0 Å². The third-order valence-electron chi connectivity index (χ3n) is 8.49. The highest BCUT2D eigenvalue weighted by atomic mass is 16.6. The van der Waals surface area contributed by atoms with E-state index in [0.717, 1.165) is 17.7 Å². The predicted octanol–water partition coefficient (Wildman–Crippen LogP) is 2.36. The lowest BCUT2D eigenvalue weighted by Gasteiger charge is -2.61. The number of hydrogen-bond donors (Lipinski definition) is 2. The third kappa shape index (κ3) is 4.30. The number of amides is 1. The molecule has 5 rings (SSSR count). The molecule has 6 unspecified atom stereocenters. The van der Waals surface area contributed by atoms with E-state index in [1.165, 1.54) is 13.8 Å². The highest BCUT2D eigenvalue weighted by Gasteiger charge is 2.72. The molecule has 2 aliphatic carbocycles. The first-order chi connectivity index (χ1) is 18.7. The van der Waals surface area contributed by atoms with Crippen molar-refractivity contribution in [3.63, 3.8) is 0 Å². The second-order valence-electron chi connectivity index (χ2n) is 12.2. The van der Waals surface area contributed by atoms with Crippen molar-refractivity contribution in [1.82, 2.24) is 10.2 Å². The summed E-state index contributed by atoms with van der Waals surface area (Å²) in [6.07, 6.45) is 0.448. The molecule has 218 valence electrons. The van der Waals surface area contributed by atoms with Gasteiger partial charge in [-0.15, -0.1) is 0 Å². The molecule has 4 aliphatic rings. The molecular weight excluding hydrogens is 520 g/mol. The van der Waals surface area contributed by atoms with Crippen LogP contribution < -0.4 is 14.8 Å². The highest BCUT2D eigenvalue weighted by Crippen LogP contribution is 2.65. The standard InChI is InChI=1S/C29H38N2O9/c1-15(30-26(34)40-27(3,4)5)24(32)37-16(2)25(33)38-19-10-11-29(35)20-14-17-8-9-18(36-7)22-21(17)28(29,23(19)39-22)12-13-31(20)6/h8-10,15-16,20,23,35H,11-14H2,1-7H3,(H,30,34). The third-order valence-corrected chi connectivity index (χ3v) is 8.49. The number of aliphatic hydroxyl groups is 1. The van der Waals surface area contributed by atoms with Crippen LogP contribution in [0.4, 0.5) is 4.79 Å². The first kappa shape index (κ1) is 28.2. The van der Waals surface area contributed by atoms with Gasteiger partial charge in [0.05, 0.1) is 18.1 Å². The second-order valence-corrected chi connectivity index (χ2v) is 12.2. The van der Waals surface area contributed by atoms with Gasteiger partial charge in [-0.2, -0.15) is 0 Å². The zero-order valence-corrected chi connectivity index (χ0v) is 24.0. The van der Waals surface area contributed by atoms with Gasteiger partial charge in [-0.3, -0.25) is 0 Å². The fraction of sp³-hybridized carbons (Fsp3) is 0.621. The lowest BCUT2D eigenvalue weighted by atomic mass is 9.50. The molecule has 1 aromatic rings. The van der Waals surface area contributed by atoms with E-state index in [9.17, 15) is 19.5 Å². The first-order valence-corrected chi connectivity index (χ1v) is 13.6. The van der Waals surface area contributed by atoms with Crippen LogP contribution in [0, 0.1) is 0 Å². The Bertz CT molecular complexity index is 1270. The van der Waals surface area contributed by atoms with Crippen molar-refractivity contribution in [2.45, 2.75) is 94.8 Å². The number of ether oxygens (including phenoxy) is 5. The average Bonchev–Trinajstić information content (AvgIpc) is 3.22. The number of likely N-dealkylation sites (N-methyl/N-ethyl adjacent to an activating group) is 1. The van der Waals surface area contributed by atoms with Gasteiger partial charge in [-0.05, 0) is 78.8 Å². The molecule has 0 aromatic heterocycles. The van der Waals surface area contributed by atoms with Gasteiger partial charge in [-0.25, -0.2) is 14.4 Å². The minimum absolute atomic E-state index is 0.133. The van der Waals surface area contributed by atoms with Crippen LogP contribution in [0.2, 0.25) is 0 Å². The number of piperidine rings is 1. The summed E-state index contributed by atoms with van der Waals surface area (Å²) in [5, 5.41) is 14.7. The molecule has 1 amide bonds. The highest BCUT2D eigenvalue weighted by molar-refractivity contribution is 5.84. The van der Waals surface area contributed by atoms with Crippen molar-refractivity contribution in [3.05, 3.63) is 35.1 Å². The SMILES string of the molecule is COc1ccc2c3c1OC1C(OC(=O)C(C)OC(=O)C(C)NC(=O)OC(C)(C)C)=CCC4(O)C(C2)N(C)CCC314. The van der Waals surface area contributed by atoms with Crippen molar-refractivity contribution in [2.24, 2.45) is 0 Å². The number of nitrogens with zero attached hydrogens (tertiary/aromatic N) is 1. The number of rotatable bonds is 6. The normalized spacial score (nSPS) is 29.6. The molecule has 6 atom stereocenters. The van der Waals surface area contributed by atoms with Crippen molar-refractivity contribution in [1.29, 1.82) is 0 Å². The van der Waals surface area contributed by atoms with Crippen molar-refractivity contribution in [2.75, 3.05) is 20.7 Å². The molecule has 0 saturated carbocycles. The molecule has 2 N–H and O–H groups in total. The molecule has 0 radical (unpaired) electrons. The quantitative estimate of drug-likeness (QED) is 0.396. The number of hydrogen-bond acceptors (Lipinski definition) is 10. The van der Waals surface area contributed by atoms with Crippen LogP contribution in [0.25, 0.3) is 0 Å². The summed E-state index contributed by atoms with van der Waals surface area (Å²) in [6.45, 7) is 8.68. The number of nitrogens with one attached hydrogen (secondary N) is 1. The second kappa shape index (κ2) is 9.66. The minimum atomic E-state index is -1.26. The summed E-state index contributed by atoms with van der Waals surface area (Å²) < 4.78 is 28.3. The summed E-state index contributed by atoms with van der Waals surface area (Å²) in [5.74, 6) is -0.214. The Kier molecular flexibility index (Phi) is 6.81. The van der Waals surface area contributed by atoms with E-state index in [0.29, 0.717) is 24.3 Å². The number of esters is 2. The van der Waals surface area contributed by atoms with E-state index in [1.54, 1.807) is 34.0 Å². The van der Waals surface area contributed by atoms with Crippen LogP contribution >= 0.6 is 0 Å². The van der Waals surface area contributed by atoms with Gasteiger partial charge in [0.1, 0.15) is 17.4 Å². The maximum absolute atomic E-state index is 13.1. The molecule has 1 fully saturated rings. The van der Waals surface area contributed by atoms with Gasteiger partial charge in [0.25, 0.3) is 0 Å². The van der Waals surface area contributed by atoms with Gasteiger partial charge in [-0.1, -0.05) is 6.07 Å². The van der Waals surface area contributed by atoms with Gasteiger partial charge in [0.2, 0.25) is 0 Å². The predicted molar refractivity (Wildman–Crippen MR) is 142 cm³/mol. The lowest BCUT2D eigenvalue weighted by Crippen LogP contribution is -2.74. The first-order valence-electron chi connectivity index (χ1n) is 13.6. The van der Waals surface area contributed by atoms with Gasteiger partial charge in [0.15, 0.2) is 23.7 Å². The maximum atomic E-state index is 13.1. The minimum Gasteiger partial charge on any atom is -0.493 e. The fourth-order valence-electron chi connectivity index (χ4n) is 6.65. The fourth-order valence-corrected chi connectivity index (χ4v) is 6.65. The molecular formula is C29H38N2O9. The van der Waals surface area contributed by atoms with Gasteiger partial charge < -0.3 is 39.0 Å². The van der Waals surface area contributed by atoms with Crippen LogP contribution in [0.5, 0.6) is 11.5 Å². The summed E-state index contributed by atoms with van der Waals surface area (Å²) in [6, 6.07) is 2.71. The van der Waals surface area contributed by atoms with Gasteiger partial charge >= 0.3 is 18.0 Å². The number of methoxy groups -OCH3 is 1. The van der Waals surface area contributed by atoms with E-state index in [-0.39, 0.29) is 18.2 Å². The molecule has 40 heavy (non-hydrogen) atoms. The largest absolute Gasteiger partial charge is 0.493 e.